The summed E-state index contributed by atoms with van der Waals surface area (Å²) in [5, 5.41) is 1.87. The van der Waals surface area contributed by atoms with Crippen LogP contribution in [0.5, 0.6) is 5.75 Å². The highest BCUT2D eigenvalue weighted by molar-refractivity contribution is 7.92. The molecule has 0 aliphatic carbocycles. The van der Waals surface area contributed by atoms with Gasteiger partial charge in [0.25, 0.3) is 10.0 Å². The van der Waals surface area contributed by atoms with E-state index in [-0.39, 0.29) is 27.8 Å². The van der Waals surface area contributed by atoms with Crippen LogP contribution in [-0.2, 0) is 21.3 Å². The molecule has 3 aromatic rings. The summed E-state index contributed by atoms with van der Waals surface area (Å²) in [6.45, 7) is 6.36. The molecule has 0 spiro atoms. The second kappa shape index (κ2) is 11.1. The number of anilines is 1. The standard InChI is InChI=1S/C28H32ClN3O5S2/c1-28(2,3)37-27(33)19-6-4-5-18(11-19)15-32-20-7-8-21(32)13-22(12-20)36-25-10-9-23(14-24(25)29)39(34,35)31-26-16-38-17-30-26/h4-6,9-11,14,16-17,20-22,31H,7-8,12-13,15H2,1-3H3/t20-,21+,22?. The molecular weight excluding hydrogens is 558 g/mol. The maximum atomic E-state index is 12.7. The second-order valence-corrected chi connectivity index (χ2v) is 13.9. The van der Waals surface area contributed by atoms with E-state index in [0.717, 1.165) is 37.8 Å². The summed E-state index contributed by atoms with van der Waals surface area (Å²) >= 11 is 7.77. The molecule has 2 fully saturated rings. The van der Waals surface area contributed by atoms with Crippen LogP contribution in [0, 0.1) is 0 Å². The number of thiazole rings is 1. The van der Waals surface area contributed by atoms with Crippen molar-refractivity contribution in [3.05, 3.63) is 69.5 Å². The third-order valence-electron chi connectivity index (χ3n) is 6.95. The minimum atomic E-state index is -3.80. The van der Waals surface area contributed by atoms with Crippen molar-refractivity contribution in [2.45, 2.75) is 81.7 Å². The maximum Gasteiger partial charge on any atom is 0.338 e. The van der Waals surface area contributed by atoms with Crippen molar-refractivity contribution in [2.24, 2.45) is 0 Å². The molecule has 0 radical (unpaired) electrons. The molecule has 2 aromatic carbocycles. The fourth-order valence-electron chi connectivity index (χ4n) is 5.31. The number of carbonyl (C=O) groups excluding carboxylic acids is 1. The van der Waals surface area contributed by atoms with Crippen molar-refractivity contribution in [1.29, 1.82) is 0 Å². The van der Waals surface area contributed by atoms with E-state index in [1.165, 1.54) is 23.5 Å². The van der Waals surface area contributed by atoms with E-state index < -0.39 is 15.6 Å². The summed E-state index contributed by atoms with van der Waals surface area (Å²) in [4.78, 5) is 19.1. The lowest BCUT2D eigenvalue weighted by atomic mass is 9.98. The number of ether oxygens (including phenoxy) is 2. The van der Waals surface area contributed by atoms with Crippen LogP contribution in [0.2, 0.25) is 5.02 Å². The Morgan fingerprint density at radius 2 is 1.90 bits per heavy atom. The van der Waals surface area contributed by atoms with Gasteiger partial charge in [-0.15, -0.1) is 11.3 Å². The van der Waals surface area contributed by atoms with Crippen molar-refractivity contribution in [3.8, 4) is 5.75 Å². The van der Waals surface area contributed by atoms with Gasteiger partial charge in [0, 0.05) is 24.0 Å². The number of rotatable bonds is 8. The number of hydrogen-bond donors (Lipinski definition) is 1. The topological polar surface area (TPSA) is 97.8 Å². The molecule has 8 nitrogen and oxygen atoms in total. The first-order valence-electron chi connectivity index (χ1n) is 12.9. The predicted octanol–water partition coefficient (Wildman–Crippen LogP) is 6.13. The van der Waals surface area contributed by atoms with Gasteiger partial charge in [-0.1, -0.05) is 23.7 Å². The molecule has 5 rings (SSSR count). The van der Waals surface area contributed by atoms with Crippen molar-refractivity contribution in [2.75, 3.05) is 4.72 Å². The molecule has 2 saturated heterocycles. The predicted molar refractivity (Wildman–Crippen MR) is 152 cm³/mol. The lowest BCUT2D eigenvalue weighted by Gasteiger charge is -2.39. The largest absolute Gasteiger partial charge is 0.489 e. The first kappa shape index (κ1) is 27.9. The molecule has 0 amide bonds. The normalized spacial score (nSPS) is 21.5. The van der Waals surface area contributed by atoms with Gasteiger partial charge in [-0.3, -0.25) is 9.62 Å². The van der Waals surface area contributed by atoms with Crippen LogP contribution in [0.1, 0.15) is 62.4 Å². The minimum absolute atomic E-state index is 0.0139. The lowest BCUT2D eigenvalue weighted by molar-refractivity contribution is 0.00692. The van der Waals surface area contributed by atoms with E-state index in [1.54, 1.807) is 23.0 Å². The Morgan fingerprint density at radius 1 is 1.15 bits per heavy atom. The number of fused-ring (bicyclic) bond motifs is 2. The van der Waals surface area contributed by atoms with Crippen LogP contribution in [0.15, 0.2) is 58.3 Å². The third kappa shape index (κ3) is 6.74. The third-order valence-corrected chi connectivity index (χ3v) is 9.18. The monoisotopic (exact) mass is 589 g/mol. The Balaban J connectivity index is 1.21. The number of piperidine rings is 1. The van der Waals surface area contributed by atoms with Crippen LogP contribution >= 0.6 is 22.9 Å². The molecule has 2 bridgehead atoms. The van der Waals surface area contributed by atoms with Crippen molar-refractivity contribution in [3.63, 3.8) is 0 Å². The molecule has 0 saturated carbocycles. The van der Waals surface area contributed by atoms with Gasteiger partial charge in [0.1, 0.15) is 17.5 Å². The van der Waals surface area contributed by atoms with Crippen molar-refractivity contribution in [1.82, 2.24) is 9.88 Å². The van der Waals surface area contributed by atoms with Gasteiger partial charge in [-0.2, -0.15) is 0 Å². The van der Waals surface area contributed by atoms with Crippen LogP contribution in [0.25, 0.3) is 0 Å². The number of aromatic nitrogens is 1. The van der Waals surface area contributed by atoms with Crippen LogP contribution in [0.4, 0.5) is 5.82 Å². The van der Waals surface area contributed by atoms with Gasteiger partial charge in [0.15, 0.2) is 5.82 Å². The number of halogens is 1. The fourth-order valence-corrected chi connectivity index (χ4v) is 7.18. The summed E-state index contributed by atoms with van der Waals surface area (Å²) in [7, 11) is -3.80. The summed E-state index contributed by atoms with van der Waals surface area (Å²) in [6, 6.07) is 12.9. The van der Waals surface area contributed by atoms with Crippen LogP contribution in [0.3, 0.4) is 0 Å². The fraction of sp³-hybridized carbons (Fsp3) is 0.429. The van der Waals surface area contributed by atoms with Crippen molar-refractivity contribution >= 4 is 44.7 Å². The zero-order valence-corrected chi connectivity index (χ0v) is 24.5. The summed E-state index contributed by atoms with van der Waals surface area (Å²) in [5.74, 6) is 0.441. The Bertz CT molecular complexity index is 1430. The zero-order valence-electron chi connectivity index (χ0n) is 22.1. The smallest absolute Gasteiger partial charge is 0.338 e. The molecule has 11 heteroatoms. The van der Waals surface area contributed by atoms with Gasteiger partial charge in [-0.05, 0) is 82.3 Å². The molecule has 3 atom stereocenters. The SMILES string of the molecule is CC(C)(C)OC(=O)c1cccc(CN2[C@@H]3CC[C@H]2CC(Oc2ccc(S(=O)(=O)Nc4cscn4)cc2Cl)C3)c1. The highest BCUT2D eigenvalue weighted by Gasteiger charge is 2.41. The average molecular weight is 590 g/mol. The number of nitrogens with zero attached hydrogens (tertiary/aromatic N) is 2. The first-order chi connectivity index (χ1) is 18.5. The first-order valence-corrected chi connectivity index (χ1v) is 15.7. The molecule has 3 heterocycles. The van der Waals surface area contributed by atoms with Gasteiger partial charge in [0.2, 0.25) is 0 Å². The highest BCUT2D eigenvalue weighted by Crippen LogP contribution is 2.39. The van der Waals surface area contributed by atoms with Crippen molar-refractivity contribution < 1.29 is 22.7 Å². The van der Waals surface area contributed by atoms with E-state index in [1.807, 2.05) is 32.9 Å². The van der Waals surface area contributed by atoms with E-state index in [4.69, 9.17) is 21.1 Å². The van der Waals surface area contributed by atoms with Gasteiger partial charge < -0.3 is 9.47 Å². The number of carbonyl (C=O) groups is 1. The molecule has 2 aliphatic rings. The summed E-state index contributed by atoms with van der Waals surface area (Å²) in [6.07, 6.45) is 3.86. The lowest BCUT2D eigenvalue weighted by Crippen LogP contribution is -2.45. The van der Waals surface area contributed by atoms with Gasteiger partial charge in [-0.25, -0.2) is 18.2 Å². The molecule has 208 valence electrons. The Morgan fingerprint density at radius 3 is 2.54 bits per heavy atom. The van der Waals surface area contributed by atoms with Crippen LogP contribution in [-0.4, -0.2) is 48.1 Å². The summed E-state index contributed by atoms with van der Waals surface area (Å²) in [5.41, 5.74) is 2.67. The number of benzene rings is 2. The van der Waals surface area contributed by atoms with E-state index in [9.17, 15) is 13.2 Å². The van der Waals surface area contributed by atoms with E-state index in [0.29, 0.717) is 23.4 Å². The van der Waals surface area contributed by atoms with E-state index >= 15 is 0 Å². The number of nitrogens with one attached hydrogen (secondary N) is 1. The number of hydrogen-bond acceptors (Lipinski definition) is 8. The van der Waals surface area contributed by atoms with Gasteiger partial charge in [0.05, 0.1) is 21.0 Å². The Hall–Kier alpha value is -2.66. The Labute approximate surface area is 238 Å². The van der Waals surface area contributed by atoms with Gasteiger partial charge >= 0.3 is 5.97 Å². The van der Waals surface area contributed by atoms with E-state index in [2.05, 4.69) is 20.7 Å². The molecule has 2 aliphatic heterocycles. The molecule has 1 unspecified atom stereocenters. The minimum Gasteiger partial charge on any atom is -0.489 e. The summed E-state index contributed by atoms with van der Waals surface area (Å²) < 4.78 is 39.6. The van der Waals surface area contributed by atoms with Crippen LogP contribution < -0.4 is 9.46 Å². The molecule has 39 heavy (non-hydrogen) atoms. The Kier molecular flexibility index (Phi) is 7.92. The average Bonchev–Trinajstić information content (AvgIpc) is 3.44. The molecule has 1 aromatic heterocycles. The highest BCUT2D eigenvalue weighted by atomic mass is 35.5. The quantitative estimate of drug-likeness (QED) is 0.316. The zero-order chi connectivity index (χ0) is 27.8. The molecule has 1 N–H and O–H groups in total. The number of sulfonamides is 1. The number of esters is 1. The molecular formula is C28H32ClN3O5S2. The second-order valence-electron chi connectivity index (χ2n) is 11.0. The maximum absolute atomic E-state index is 12.7.